The molecule has 4 nitrogen and oxygen atoms in total. The van der Waals surface area contributed by atoms with Crippen LogP contribution in [-0.4, -0.2) is 35.7 Å². The van der Waals surface area contributed by atoms with Gasteiger partial charge in [-0.25, -0.2) is 0 Å². The molecule has 0 atom stereocenters. The first-order chi connectivity index (χ1) is 19.0. The molecule has 2 amide bonds. The highest BCUT2D eigenvalue weighted by atomic mass is 32.1. The number of rotatable bonds is 1. The van der Waals surface area contributed by atoms with Gasteiger partial charge in [-0.2, -0.15) is 0 Å². The van der Waals surface area contributed by atoms with Crippen molar-refractivity contribution in [3.63, 3.8) is 0 Å². The third-order valence-electron chi connectivity index (χ3n) is 7.48. The molecule has 3 aromatic carbocycles. The molecule has 6 aromatic rings. The first-order valence-corrected chi connectivity index (χ1v) is 14.9. The van der Waals surface area contributed by atoms with E-state index < -0.39 is 0 Å². The summed E-state index contributed by atoms with van der Waals surface area (Å²) in [5.74, 6) is 6.64. The fourth-order valence-corrected chi connectivity index (χ4v) is 8.14. The minimum Gasteiger partial charge on any atom is -0.317 e. The molecule has 186 valence electrons. The largest absolute Gasteiger partial charge is 0.317 e. The van der Waals surface area contributed by atoms with Crippen LogP contribution in [-0.2, 0) is 9.59 Å². The van der Waals surface area contributed by atoms with Crippen LogP contribution in [0.4, 0.5) is 0 Å². The SMILES string of the molecule is CN1C=C2C(=O)N(C)C(c3ccc(C#Cc4c5cc6ccsc6cc5cc5cc6ccsc6cc45)s3)=C2C1=O. The number of nitrogens with zero attached hydrogens (tertiary/aromatic N) is 2. The van der Waals surface area contributed by atoms with Crippen molar-refractivity contribution in [2.24, 2.45) is 0 Å². The molecule has 0 saturated heterocycles. The van der Waals surface area contributed by atoms with E-state index in [1.165, 1.54) is 47.2 Å². The molecule has 7 heteroatoms. The maximum absolute atomic E-state index is 12.8. The minimum absolute atomic E-state index is 0.152. The van der Waals surface area contributed by atoms with Crippen molar-refractivity contribution >= 4 is 93.2 Å². The van der Waals surface area contributed by atoms with Crippen LogP contribution in [0.2, 0.25) is 0 Å². The van der Waals surface area contributed by atoms with E-state index in [2.05, 4.69) is 65.1 Å². The van der Waals surface area contributed by atoms with Gasteiger partial charge >= 0.3 is 0 Å². The number of fused-ring (bicyclic) bond motifs is 5. The second-order valence-corrected chi connectivity index (χ2v) is 12.8. The Balaban J connectivity index is 1.31. The van der Waals surface area contributed by atoms with Gasteiger partial charge < -0.3 is 9.80 Å². The Labute approximate surface area is 235 Å². The van der Waals surface area contributed by atoms with Crippen molar-refractivity contribution in [1.29, 1.82) is 0 Å². The summed E-state index contributed by atoms with van der Waals surface area (Å²) in [7, 11) is 3.40. The highest BCUT2D eigenvalue weighted by Gasteiger charge is 2.42. The van der Waals surface area contributed by atoms with E-state index in [1.54, 1.807) is 47.9 Å². The zero-order valence-electron chi connectivity index (χ0n) is 20.9. The zero-order valence-corrected chi connectivity index (χ0v) is 23.3. The van der Waals surface area contributed by atoms with Gasteiger partial charge in [-0.3, -0.25) is 9.59 Å². The van der Waals surface area contributed by atoms with E-state index in [1.807, 2.05) is 12.1 Å². The predicted molar refractivity (Wildman–Crippen MR) is 163 cm³/mol. The van der Waals surface area contributed by atoms with Gasteiger partial charge in [0.2, 0.25) is 0 Å². The number of likely N-dealkylation sites (N-methyl/N-ethyl adjacent to an activating group) is 2. The van der Waals surface area contributed by atoms with Gasteiger partial charge in [-0.05, 0) is 97.7 Å². The van der Waals surface area contributed by atoms with Crippen molar-refractivity contribution in [2.45, 2.75) is 0 Å². The Morgan fingerprint density at radius 2 is 1.41 bits per heavy atom. The molecule has 0 fully saturated rings. The minimum atomic E-state index is -0.152. The molecule has 0 spiro atoms. The number of carbonyl (C=O) groups excluding carboxylic acids is 2. The van der Waals surface area contributed by atoms with E-state index in [0.29, 0.717) is 16.8 Å². The third kappa shape index (κ3) is 3.29. The lowest BCUT2D eigenvalue weighted by atomic mass is 9.95. The van der Waals surface area contributed by atoms with Crippen molar-refractivity contribution < 1.29 is 9.59 Å². The molecule has 0 unspecified atom stereocenters. The first-order valence-electron chi connectivity index (χ1n) is 12.3. The number of amides is 2. The van der Waals surface area contributed by atoms with Crippen molar-refractivity contribution in [3.8, 4) is 11.8 Å². The summed E-state index contributed by atoms with van der Waals surface area (Å²) >= 11 is 5.00. The summed E-state index contributed by atoms with van der Waals surface area (Å²) in [6, 6.07) is 19.6. The van der Waals surface area contributed by atoms with Crippen molar-refractivity contribution in [3.05, 3.63) is 98.0 Å². The van der Waals surface area contributed by atoms with Crippen LogP contribution in [0.15, 0.2) is 82.7 Å². The van der Waals surface area contributed by atoms with Gasteiger partial charge in [-0.1, -0.05) is 11.8 Å². The molecule has 3 aromatic heterocycles. The number of hydrogen-bond donors (Lipinski definition) is 0. The smallest absolute Gasteiger partial charge is 0.260 e. The van der Waals surface area contributed by atoms with Gasteiger partial charge in [0.05, 0.1) is 26.6 Å². The molecule has 0 radical (unpaired) electrons. The molecule has 5 heterocycles. The first kappa shape index (κ1) is 22.7. The standard InChI is InChI=1S/C32H18N2O2S3/c1-33-16-25-29(32(33)36)30(34(2)31(25)35)26-6-4-21(39-26)3-5-22-23-13-18-8-10-37-27(18)14-20(23)12-19-11-17-7-9-38-28(17)15-24(19)22/h4,6-16H,1-2H3. The summed E-state index contributed by atoms with van der Waals surface area (Å²) in [6.07, 6.45) is 1.62. The average Bonchev–Trinajstić information content (AvgIpc) is 3.75. The molecular formula is C32H18N2O2S3. The lowest BCUT2D eigenvalue weighted by molar-refractivity contribution is -0.123. The lowest BCUT2D eigenvalue weighted by Crippen LogP contribution is -2.22. The molecule has 0 aliphatic carbocycles. The number of carbonyl (C=O) groups is 2. The zero-order chi connectivity index (χ0) is 26.4. The van der Waals surface area contributed by atoms with E-state index in [-0.39, 0.29) is 11.8 Å². The monoisotopic (exact) mass is 558 g/mol. The molecule has 8 rings (SSSR count). The average molecular weight is 559 g/mol. The van der Waals surface area contributed by atoms with E-state index in [0.717, 1.165) is 26.1 Å². The normalized spacial score (nSPS) is 15.3. The molecule has 0 N–H and O–H groups in total. The number of thiophene rings is 3. The van der Waals surface area contributed by atoms with Gasteiger partial charge in [-0.15, -0.1) is 34.0 Å². The Kier molecular flexibility index (Phi) is 4.74. The fraction of sp³-hybridized carbons (Fsp3) is 0.0625. The summed E-state index contributed by atoms with van der Waals surface area (Å²) in [4.78, 5) is 30.4. The second kappa shape index (κ2) is 8.14. The number of hydrogen-bond acceptors (Lipinski definition) is 5. The Morgan fingerprint density at radius 1 is 0.718 bits per heavy atom. The van der Waals surface area contributed by atoms with Crippen LogP contribution in [0.1, 0.15) is 15.3 Å². The predicted octanol–water partition coefficient (Wildman–Crippen LogP) is 7.42. The van der Waals surface area contributed by atoms with Gasteiger partial charge in [0, 0.05) is 35.3 Å². The van der Waals surface area contributed by atoms with E-state index in [9.17, 15) is 9.59 Å². The third-order valence-corrected chi connectivity index (χ3v) is 10.2. The quantitative estimate of drug-likeness (QED) is 0.156. The molecule has 0 bridgehead atoms. The van der Waals surface area contributed by atoms with Crippen LogP contribution in [0.3, 0.4) is 0 Å². The molecular weight excluding hydrogens is 541 g/mol. The number of benzene rings is 3. The van der Waals surface area contributed by atoms with E-state index >= 15 is 0 Å². The maximum atomic E-state index is 12.8. The van der Waals surface area contributed by atoms with Gasteiger partial charge in [0.25, 0.3) is 11.8 Å². The van der Waals surface area contributed by atoms with E-state index in [4.69, 9.17) is 0 Å². The van der Waals surface area contributed by atoms with Crippen LogP contribution in [0.5, 0.6) is 0 Å². The molecule has 2 aliphatic rings. The fourth-order valence-electron chi connectivity index (χ4n) is 5.57. The Bertz CT molecular complexity index is 2120. The van der Waals surface area contributed by atoms with Crippen LogP contribution in [0, 0.1) is 11.8 Å². The van der Waals surface area contributed by atoms with Crippen LogP contribution < -0.4 is 0 Å². The second-order valence-electron chi connectivity index (χ2n) is 9.78. The molecule has 2 aliphatic heterocycles. The summed E-state index contributed by atoms with van der Waals surface area (Å²) in [6.45, 7) is 0. The summed E-state index contributed by atoms with van der Waals surface area (Å²) < 4.78 is 2.52. The summed E-state index contributed by atoms with van der Waals surface area (Å²) in [5, 5.41) is 11.4. The van der Waals surface area contributed by atoms with Crippen molar-refractivity contribution in [2.75, 3.05) is 14.1 Å². The topological polar surface area (TPSA) is 40.6 Å². The maximum Gasteiger partial charge on any atom is 0.260 e. The van der Waals surface area contributed by atoms with Crippen LogP contribution in [0.25, 0.3) is 47.4 Å². The molecule has 39 heavy (non-hydrogen) atoms. The van der Waals surface area contributed by atoms with Crippen LogP contribution >= 0.6 is 34.0 Å². The molecule has 0 saturated carbocycles. The summed E-state index contributed by atoms with van der Waals surface area (Å²) in [5.41, 5.74) is 2.62. The Morgan fingerprint density at radius 3 is 2.23 bits per heavy atom. The van der Waals surface area contributed by atoms with Crippen molar-refractivity contribution in [1.82, 2.24) is 9.80 Å². The highest BCUT2D eigenvalue weighted by Crippen LogP contribution is 2.41. The Hall–Kier alpha value is -4.22. The van der Waals surface area contributed by atoms with Gasteiger partial charge in [0.15, 0.2) is 0 Å². The highest BCUT2D eigenvalue weighted by molar-refractivity contribution is 7.17. The van der Waals surface area contributed by atoms with Gasteiger partial charge in [0.1, 0.15) is 0 Å². The lowest BCUT2D eigenvalue weighted by Gasteiger charge is -2.14.